The minimum absolute atomic E-state index is 0.204. The maximum absolute atomic E-state index is 12.6. The second kappa shape index (κ2) is 7.82. The molecule has 4 bridgehead atoms. The number of hydrogen-bond donors (Lipinski definition) is 0. The molecule has 3 nitrogen and oxygen atoms in total. The highest BCUT2D eigenvalue weighted by molar-refractivity contribution is 5.92. The second-order valence-corrected chi connectivity index (χ2v) is 10.1. The van der Waals surface area contributed by atoms with Crippen molar-refractivity contribution >= 4 is 11.6 Å². The van der Waals surface area contributed by atoms with E-state index in [2.05, 4.69) is 34.1 Å². The number of para-hydroxylation sites is 1. The lowest BCUT2D eigenvalue weighted by Crippen LogP contribution is -2.61. The molecular weight excluding hydrogens is 344 g/mol. The van der Waals surface area contributed by atoms with Crippen molar-refractivity contribution in [1.29, 1.82) is 0 Å². The molecule has 1 aromatic rings. The lowest BCUT2D eigenvalue weighted by molar-refractivity contribution is -0.118. The van der Waals surface area contributed by atoms with Crippen molar-refractivity contribution in [2.45, 2.75) is 102 Å². The average Bonchev–Trinajstić information content (AvgIpc) is 2.67. The number of piperidine rings is 2. The monoisotopic (exact) mass is 380 g/mol. The maximum atomic E-state index is 12.6. The molecule has 4 aliphatic rings. The van der Waals surface area contributed by atoms with Gasteiger partial charge in [0.1, 0.15) is 0 Å². The van der Waals surface area contributed by atoms with Crippen LogP contribution in [0.4, 0.5) is 5.69 Å². The number of rotatable bonds is 3. The average molecular weight is 381 g/mol. The molecule has 2 heterocycles. The van der Waals surface area contributed by atoms with E-state index in [4.69, 9.17) is 0 Å². The molecule has 28 heavy (non-hydrogen) atoms. The Bertz CT molecular complexity index is 663. The molecule has 0 aromatic heterocycles. The quantitative estimate of drug-likeness (QED) is 0.701. The molecule has 152 valence electrons. The minimum Gasteiger partial charge on any atom is -0.309 e. The fraction of sp³-hybridized carbons (Fsp3) is 0.720. The number of fused-ring (bicyclic) bond motifs is 4. The summed E-state index contributed by atoms with van der Waals surface area (Å²) < 4.78 is 0. The molecule has 4 atom stereocenters. The molecule has 1 aromatic carbocycles. The van der Waals surface area contributed by atoms with Crippen molar-refractivity contribution in [2.75, 3.05) is 4.90 Å². The van der Waals surface area contributed by atoms with Gasteiger partial charge in [0, 0.05) is 36.8 Å². The molecule has 4 fully saturated rings. The number of hydrogen-bond acceptors (Lipinski definition) is 2. The first kappa shape index (κ1) is 18.7. The van der Waals surface area contributed by atoms with Gasteiger partial charge in [0.15, 0.2) is 0 Å². The molecule has 2 aliphatic carbocycles. The highest BCUT2D eigenvalue weighted by atomic mass is 16.2. The van der Waals surface area contributed by atoms with Crippen LogP contribution in [0, 0.1) is 11.8 Å². The molecule has 0 radical (unpaired) electrons. The van der Waals surface area contributed by atoms with Crippen molar-refractivity contribution in [3.63, 3.8) is 0 Å². The number of amides is 1. The highest BCUT2D eigenvalue weighted by Crippen LogP contribution is 2.46. The van der Waals surface area contributed by atoms with Crippen LogP contribution in [0.15, 0.2) is 30.3 Å². The van der Waals surface area contributed by atoms with Crippen LogP contribution in [-0.2, 0) is 4.79 Å². The Morgan fingerprint density at radius 3 is 2.04 bits per heavy atom. The zero-order valence-electron chi connectivity index (χ0n) is 17.4. The van der Waals surface area contributed by atoms with Gasteiger partial charge in [-0.2, -0.15) is 0 Å². The summed E-state index contributed by atoms with van der Waals surface area (Å²) in [6.07, 6.45) is 15.2. The molecule has 4 unspecified atom stereocenters. The zero-order valence-corrected chi connectivity index (χ0v) is 17.4. The van der Waals surface area contributed by atoms with E-state index >= 15 is 0 Å². The topological polar surface area (TPSA) is 23.6 Å². The summed E-state index contributed by atoms with van der Waals surface area (Å²) >= 11 is 0. The molecule has 1 amide bonds. The van der Waals surface area contributed by atoms with E-state index in [-0.39, 0.29) is 5.91 Å². The van der Waals surface area contributed by atoms with E-state index in [1.165, 1.54) is 57.8 Å². The Morgan fingerprint density at radius 1 is 0.821 bits per heavy atom. The predicted octanol–water partition coefficient (Wildman–Crippen LogP) is 5.39. The van der Waals surface area contributed by atoms with E-state index in [0.717, 1.165) is 36.4 Å². The Balaban J connectivity index is 1.36. The van der Waals surface area contributed by atoms with Crippen LogP contribution in [0.3, 0.4) is 0 Å². The fourth-order valence-corrected chi connectivity index (χ4v) is 7.37. The van der Waals surface area contributed by atoms with Crippen molar-refractivity contribution in [3.8, 4) is 0 Å². The molecule has 2 aliphatic heterocycles. The van der Waals surface area contributed by atoms with Gasteiger partial charge >= 0.3 is 0 Å². The number of benzene rings is 1. The molecule has 0 N–H and O–H groups in total. The van der Waals surface area contributed by atoms with E-state index in [1.807, 2.05) is 6.07 Å². The minimum atomic E-state index is 0.204. The van der Waals surface area contributed by atoms with Gasteiger partial charge in [0.25, 0.3) is 0 Å². The van der Waals surface area contributed by atoms with Gasteiger partial charge in [-0.3, -0.25) is 9.69 Å². The van der Waals surface area contributed by atoms with Crippen LogP contribution in [0.1, 0.15) is 77.6 Å². The molecule has 2 saturated heterocycles. The van der Waals surface area contributed by atoms with Gasteiger partial charge in [-0.1, -0.05) is 43.9 Å². The fourth-order valence-electron chi connectivity index (χ4n) is 7.37. The van der Waals surface area contributed by atoms with Crippen molar-refractivity contribution in [3.05, 3.63) is 30.3 Å². The summed E-state index contributed by atoms with van der Waals surface area (Å²) in [6, 6.07) is 12.9. The largest absolute Gasteiger partial charge is 0.309 e. The van der Waals surface area contributed by atoms with Crippen molar-refractivity contribution in [2.24, 2.45) is 11.8 Å². The SMILES string of the molecule is CC(=O)N(c1ccccc1)C1CC2CCCC(C1)N2C1CC2CCCC(C2)C1. The van der Waals surface area contributed by atoms with Gasteiger partial charge in [0.05, 0.1) is 0 Å². The highest BCUT2D eigenvalue weighted by Gasteiger charge is 2.46. The van der Waals surface area contributed by atoms with Gasteiger partial charge in [0.2, 0.25) is 5.91 Å². The van der Waals surface area contributed by atoms with Crippen LogP contribution < -0.4 is 4.90 Å². The summed E-state index contributed by atoms with van der Waals surface area (Å²) in [5.41, 5.74) is 1.08. The molecule has 0 spiro atoms. The summed E-state index contributed by atoms with van der Waals surface area (Å²) in [5, 5.41) is 0. The lowest BCUT2D eigenvalue weighted by Gasteiger charge is -2.56. The van der Waals surface area contributed by atoms with Crippen molar-refractivity contribution in [1.82, 2.24) is 4.90 Å². The normalized spacial score (nSPS) is 38.0. The molecule has 2 saturated carbocycles. The second-order valence-electron chi connectivity index (χ2n) is 10.1. The van der Waals surface area contributed by atoms with Crippen LogP contribution in [0.25, 0.3) is 0 Å². The Morgan fingerprint density at radius 2 is 1.43 bits per heavy atom. The summed E-state index contributed by atoms with van der Waals surface area (Å²) in [4.78, 5) is 17.7. The van der Waals surface area contributed by atoms with Gasteiger partial charge in [-0.05, 0) is 68.9 Å². The standard InChI is InChI=1S/C25H36N2O/c1-18(28)26(21-9-3-2-4-10-21)25-16-22-11-6-12-23(17-25)27(22)24-14-19-7-5-8-20(13-19)15-24/h2-4,9-10,19-20,22-25H,5-8,11-17H2,1H3. The molecular formula is C25H36N2O. The van der Waals surface area contributed by atoms with E-state index < -0.39 is 0 Å². The van der Waals surface area contributed by atoms with E-state index in [0.29, 0.717) is 18.1 Å². The van der Waals surface area contributed by atoms with Crippen LogP contribution in [0.2, 0.25) is 0 Å². The summed E-state index contributed by atoms with van der Waals surface area (Å²) in [7, 11) is 0. The van der Waals surface area contributed by atoms with E-state index in [9.17, 15) is 4.79 Å². The zero-order chi connectivity index (χ0) is 19.1. The third-order valence-corrected chi connectivity index (χ3v) is 8.27. The predicted molar refractivity (Wildman–Crippen MR) is 114 cm³/mol. The summed E-state index contributed by atoms with van der Waals surface area (Å²) in [5.74, 6) is 2.19. The number of anilines is 1. The number of nitrogens with zero attached hydrogens (tertiary/aromatic N) is 2. The van der Waals surface area contributed by atoms with Gasteiger partial charge < -0.3 is 4.90 Å². The summed E-state index contributed by atoms with van der Waals surface area (Å²) in [6.45, 7) is 1.75. The maximum Gasteiger partial charge on any atom is 0.224 e. The van der Waals surface area contributed by atoms with Crippen LogP contribution >= 0.6 is 0 Å². The first-order valence-electron chi connectivity index (χ1n) is 11.8. The number of carbonyl (C=O) groups excluding carboxylic acids is 1. The third-order valence-electron chi connectivity index (χ3n) is 8.27. The Labute approximate surface area is 170 Å². The third kappa shape index (κ3) is 3.51. The first-order valence-corrected chi connectivity index (χ1v) is 11.8. The first-order chi connectivity index (χ1) is 13.7. The smallest absolute Gasteiger partial charge is 0.224 e. The van der Waals surface area contributed by atoms with Crippen LogP contribution in [0.5, 0.6) is 0 Å². The number of carbonyl (C=O) groups is 1. The Hall–Kier alpha value is -1.35. The Kier molecular flexibility index (Phi) is 5.21. The lowest BCUT2D eigenvalue weighted by atomic mass is 9.68. The van der Waals surface area contributed by atoms with Crippen LogP contribution in [-0.4, -0.2) is 35.0 Å². The van der Waals surface area contributed by atoms with E-state index in [1.54, 1.807) is 6.92 Å². The van der Waals surface area contributed by atoms with Gasteiger partial charge in [-0.15, -0.1) is 0 Å². The van der Waals surface area contributed by atoms with Gasteiger partial charge in [-0.25, -0.2) is 0 Å². The van der Waals surface area contributed by atoms with Crippen molar-refractivity contribution < 1.29 is 4.79 Å². The molecule has 3 heteroatoms. The molecule has 5 rings (SSSR count).